The van der Waals surface area contributed by atoms with Gasteiger partial charge in [-0.3, -0.25) is 4.99 Å². The molecule has 0 radical (unpaired) electrons. The van der Waals surface area contributed by atoms with Crippen molar-refractivity contribution in [2.24, 2.45) is 10.9 Å². The zero-order valence-electron chi connectivity index (χ0n) is 16.8. The van der Waals surface area contributed by atoms with E-state index in [2.05, 4.69) is 35.1 Å². The molecular formula is C20H33ClIN3O2. The lowest BCUT2D eigenvalue weighted by Gasteiger charge is -2.29. The molecule has 1 aliphatic heterocycles. The molecule has 0 spiro atoms. The maximum atomic E-state index is 6.15. The molecule has 5 nitrogen and oxygen atoms in total. The molecule has 2 rings (SSSR count). The molecule has 7 heteroatoms. The smallest absolute Gasteiger partial charge is 0.193 e. The number of guanidine groups is 1. The van der Waals surface area contributed by atoms with Crippen LogP contribution >= 0.6 is 35.6 Å². The standard InChI is InChI=1S/C20H32ClN3O2.HI/c1-20(2,17-6-5-7-18(21)12-17)15-23-19(22-3)24-9-8-16(13-24)14-26-11-10-25-4;/h5-7,12,16H,8-11,13-15H2,1-4H3,(H,22,23);1H. The number of nitrogens with zero attached hydrogens (tertiary/aromatic N) is 2. The van der Waals surface area contributed by atoms with Gasteiger partial charge >= 0.3 is 0 Å². The summed E-state index contributed by atoms with van der Waals surface area (Å²) in [4.78, 5) is 6.79. The zero-order valence-corrected chi connectivity index (χ0v) is 19.9. The van der Waals surface area contributed by atoms with Crippen LogP contribution in [0.2, 0.25) is 5.02 Å². The lowest BCUT2D eigenvalue weighted by atomic mass is 9.84. The van der Waals surface area contributed by atoms with E-state index in [1.165, 1.54) is 5.56 Å². The maximum absolute atomic E-state index is 6.15. The van der Waals surface area contributed by atoms with Crippen LogP contribution in [-0.2, 0) is 14.9 Å². The summed E-state index contributed by atoms with van der Waals surface area (Å²) in [6.45, 7) is 9.31. The highest BCUT2D eigenvalue weighted by molar-refractivity contribution is 14.0. The molecule has 1 heterocycles. The first-order valence-electron chi connectivity index (χ1n) is 9.24. The molecule has 0 bridgehead atoms. The monoisotopic (exact) mass is 509 g/mol. The number of likely N-dealkylation sites (tertiary alicyclic amines) is 1. The highest BCUT2D eigenvalue weighted by Gasteiger charge is 2.27. The van der Waals surface area contributed by atoms with Gasteiger partial charge in [0, 0.05) is 50.1 Å². The first-order valence-corrected chi connectivity index (χ1v) is 9.62. The van der Waals surface area contributed by atoms with Gasteiger partial charge in [-0.1, -0.05) is 37.6 Å². The molecule has 1 aromatic carbocycles. The van der Waals surface area contributed by atoms with Gasteiger partial charge in [-0.05, 0) is 24.1 Å². The summed E-state index contributed by atoms with van der Waals surface area (Å²) in [7, 11) is 3.54. The Kier molecular flexibility index (Phi) is 11.0. The van der Waals surface area contributed by atoms with Crippen molar-refractivity contribution in [3.05, 3.63) is 34.9 Å². The second-order valence-corrected chi connectivity index (χ2v) is 7.90. The van der Waals surface area contributed by atoms with Gasteiger partial charge in [0.15, 0.2) is 5.96 Å². The van der Waals surface area contributed by atoms with Gasteiger partial charge in [0.25, 0.3) is 0 Å². The number of hydrogen-bond acceptors (Lipinski definition) is 3. The van der Waals surface area contributed by atoms with Crippen LogP contribution in [0.15, 0.2) is 29.3 Å². The summed E-state index contributed by atoms with van der Waals surface area (Å²) >= 11 is 6.15. The van der Waals surface area contributed by atoms with Crippen molar-refractivity contribution in [3.8, 4) is 0 Å². The van der Waals surface area contributed by atoms with Crippen LogP contribution in [0.4, 0.5) is 0 Å². The largest absolute Gasteiger partial charge is 0.382 e. The number of methoxy groups -OCH3 is 1. The van der Waals surface area contributed by atoms with E-state index in [0.717, 1.165) is 43.6 Å². The summed E-state index contributed by atoms with van der Waals surface area (Å²) in [5.74, 6) is 1.51. The molecule has 0 saturated carbocycles. The van der Waals surface area contributed by atoms with Gasteiger partial charge in [0.1, 0.15) is 0 Å². The van der Waals surface area contributed by atoms with Gasteiger partial charge in [0.2, 0.25) is 0 Å². The predicted octanol–water partition coefficient (Wildman–Crippen LogP) is 3.80. The summed E-state index contributed by atoms with van der Waals surface area (Å²) in [6.07, 6.45) is 1.13. The van der Waals surface area contributed by atoms with E-state index in [1.807, 2.05) is 25.2 Å². The third-order valence-electron chi connectivity index (χ3n) is 4.88. The Balaban J connectivity index is 0.00000364. The van der Waals surface area contributed by atoms with Crippen LogP contribution < -0.4 is 5.32 Å². The van der Waals surface area contributed by atoms with Gasteiger partial charge < -0.3 is 19.7 Å². The van der Waals surface area contributed by atoms with Crippen LogP contribution in [0.3, 0.4) is 0 Å². The molecule has 27 heavy (non-hydrogen) atoms. The fourth-order valence-corrected chi connectivity index (χ4v) is 3.39. The molecule has 1 aromatic rings. The van der Waals surface area contributed by atoms with E-state index in [0.29, 0.717) is 19.1 Å². The number of rotatable bonds is 8. The molecule has 0 amide bonds. The highest BCUT2D eigenvalue weighted by Crippen LogP contribution is 2.25. The molecular weight excluding hydrogens is 477 g/mol. The molecule has 0 aliphatic carbocycles. The minimum Gasteiger partial charge on any atom is -0.382 e. The minimum absolute atomic E-state index is 0. The Morgan fingerprint density at radius 3 is 2.81 bits per heavy atom. The van der Waals surface area contributed by atoms with Crippen LogP contribution in [0.25, 0.3) is 0 Å². The zero-order chi connectivity index (χ0) is 19.0. The van der Waals surface area contributed by atoms with Crippen molar-refractivity contribution in [3.63, 3.8) is 0 Å². The Morgan fingerprint density at radius 1 is 1.37 bits per heavy atom. The number of aliphatic imine (C=N–C) groups is 1. The SMILES string of the molecule is CN=C(NCC(C)(C)c1cccc(Cl)c1)N1CCC(COCCOC)C1.I. The predicted molar refractivity (Wildman–Crippen MR) is 124 cm³/mol. The van der Waals surface area contributed by atoms with E-state index in [9.17, 15) is 0 Å². The first-order chi connectivity index (χ1) is 12.5. The van der Waals surface area contributed by atoms with E-state index in [1.54, 1.807) is 7.11 Å². The molecule has 1 fully saturated rings. The van der Waals surface area contributed by atoms with E-state index in [-0.39, 0.29) is 29.4 Å². The van der Waals surface area contributed by atoms with Crippen LogP contribution in [-0.4, -0.2) is 64.5 Å². The average molecular weight is 510 g/mol. The Hall–Kier alpha value is -0.570. The molecule has 1 atom stereocenters. The molecule has 0 aromatic heterocycles. The van der Waals surface area contributed by atoms with Crippen LogP contribution in [0.5, 0.6) is 0 Å². The van der Waals surface area contributed by atoms with Gasteiger partial charge in [-0.25, -0.2) is 0 Å². The van der Waals surface area contributed by atoms with Crippen molar-refractivity contribution in [2.75, 3.05) is 53.6 Å². The third-order valence-corrected chi connectivity index (χ3v) is 5.11. The number of halogens is 2. The third kappa shape index (κ3) is 7.75. The maximum Gasteiger partial charge on any atom is 0.193 e. The normalized spacial score (nSPS) is 17.7. The van der Waals surface area contributed by atoms with E-state index < -0.39 is 0 Å². The summed E-state index contributed by atoms with van der Waals surface area (Å²) in [5, 5.41) is 4.31. The fraction of sp³-hybridized carbons (Fsp3) is 0.650. The molecule has 1 unspecified atom stereocenters. The lowest BCUT2D eigenvalue weighted by Crippen LogP contribution is -2.45. The van der Waals surface area contributed by atoms with Crippen molar-refractivity contribution in [2.45, 2.75) is 25.7 Å². The summed E-state index contributed by atoms with van der Waals surface area (Å²) < 4.78 is 10.7. The van der Waals surface area contributed by atoms with E-state index >= 15 is 0 Å². The van der Waals surface area contributed by atoms with Crippen molar-refractivity contribution in [1.29, 1.82) is 0 Å². The second kappa shape index (κ2) is 12.1. The first kappa shape index (κ1) is 24.5. The molecule has 1 saturated heterocycles. The number of hydrogen-bond donors (Lipinski definition) is 1. The minimum atomic E-state index is -0.0385. The number of ether oxygens (including phenoxy) is 2. The van der Waals surface area contributed by atoms with Crippen molar-refractivity contribution >= 4 is 41.5 Å². The lowest BCUT2D eigenvalue weighted by molar-refractivity contribution is 0.0536. The van der Waals surface area contributed by atoms with E-state index in [4.69, 9.17) is 21.1 Å². The summed E-state index contributed by atoms with van der Waals surface area (Å²) in [5.41, 5.74) is 1.18. The summed E-state index contributed by atoms with van der Waals surface area (Å²) in [6, 6.07) is 8.07. The van der Waals surface area contributed by atoms with Crippen molar-refractivity contribution in [1.82, 2.24) is 10.2 Å². The number of benzene rings is 1. The Morgan fingerprint density at radius 2 is 2.15 bits per heavy atom. The molecule has 1 N–H and O–H groups in total. The highest BCUT2D eigenvalue weighted by atomic mass is 127. The Bertz CT molecular complexity index is 598. The van der Waals surface area contributed by atoms with Gasteiger partial charge in [-0.15, -0.1) is 24.0 Å². The molecule has 1 aliphatic rings. The Labute approximate surface area is 185 Å². The topological polar surface area (TPSA) is 46.1 Å². The number of nitrogens with one attached hydrogen (secondary N) is 1. The van der Waals surface area contributed by atoms with Gasteiger partial charge in [0.05, 0.1) is 19.8 Å². The van der Waals surface area contributed by atoms with Crippen molar-refractivity contribution < 1.29 is 9.47 Å². The second-order valence-electron chi connectivity index (χ2n) is 7.46. The van der Waals surface area contributed by atoms with Gasteiger partial charge in [-0.2, -0.15) is 0 Å². The van der Waals surface area contributed by atoms with Crippen LogP contribution in [0, 0.1) is 5.92 Å². The quantitative estimate of drug-likeness (QED) is 0.251. The van der Waals surface area contributed by atoms with Crippen LogP contribution in [0.1, 0.15) is 25.8 Å². The fourth-order valence-electron chi connectivity index (χ4n) is 3.20. The molecule has 154 valence electrons. The average Bonchev–Trinajstić information content (AvgIpc) is 3.08.